The number of aromatic nitrogens is 3. The van der Waals surface area contributed by atoms with E-state index in [2.05, 4.69) is 24.0 Å². The number of H-pyrrole nitrogens is 1. The molecule has 1 aromatic heterocycles. The van der Waals surface area contributed by atoms with E-state index in [-0.39, 0.29) is 17.0 Å². The van der Waals surface area contributed by atoms with E-state index in [0.29, 0.717) is 6.04 Å². The van der Waals surface area contributed by atoms with Gasteiger partial charge in [-0.05, 0) is 19.3 Å². The lowest BCUT2D eigenvalue weighted by atomic mass is 10.2. The summed E-state index contributed by atoms with van der Waals surface area (Å²) in [7, 11) is 0. The molecule has 90 valence electrons. The molecule has 1 aromatic rings. The number of hydrogen-bond acceptors (Lipinski definition) is 4. The minimum atomic E-state index is -0.0951. The highest BCUT2D eigenvalue weighted by Gasteiger charge is 2.29. The fourth-order valence-electron chi connectivity index (χ4n) is 1.61. The van der Waals surface area contributed by atoms with Crippen molar-refractivity contribution in [1.29, 1.82) is 0 Å². The van der Waals surface area contributed by atoms with E-state index in [0.717, 1.165) is 24.4 Å². The Morgan fingerprint density at radius 1 is 1.69 bits per heavy atom. The summed E-state index contributed by atoms with van der Waals surface area (Å²) in [5.41, 5.74) is 5.87. The summed E-state index contributed by atoms with van der Waals surface area (Å²) >= 11 is 1.59. The Morgan fingerprint density at radius 2 is 2.38 bits per heavy atom. The van der Waals surface area contributed by atoms with Crippen molar-refractivity contribution in [2.75, 3.05) is 0 Å². The van der Waals surface area contributed by atoms with Gasteiger partial charge in [-0.3, -0.25) is 4.57 Å². The van der Waals surface area contributed by atoms with Crippen LogP contribution in [0, 0.1) is 0 Å². The second-order valence-corrected chi connectivity index (χ2v) is 5.65. The normalized spacial score (nSPS) is 19.7. The lowest BCUT2D eigenvalue weighted by Gasteiger charge is -2.16. The molecule has 0 spiro atoms. The Morgan fingerprint density at radius 3 is 2.94 bits per heavy atom. The quantitative estimate of drug-likeness (QED) is 0.759. The van der Waals surface area contributed by atoms with E-state index in [1.54, 1.807) is 16.3 Å². The van der Waals surface area contributed by atoms with E-state index >= 15 is 0 Å². The molecule has 1 aliphatic rings. The standard InChI is InChI=1S/C10H18N4OS/c1-3-8(11)6(2)16-10-13-12-9(15)14(10)7-4-5-7/h6-8H,3-5,11H2,1-2H3,(H,12,15). The average molecular weight is 242 g/mol. The molecular weight excluding hydrogens is 224 g/mol. The number of hydrogen-bond donors (Lipinski definition) is 2. The first-order valence-electron chi connectivity index (χ1n) is 5.72. The maximum absolute atomic E-state index is 11.5. The lowest BCUT2D eigenvalue weighted by molar-refractivity contribution is 0.621. The smallest absolute Gasteiger partial charge is 0.327 e. The highest BCUT2D eigenvalue weighted by atomic mass is 32.2. The van der Waals surface area contributed by atoms with Crippen molar-refractivity contribution in [3.8, 4) is 0 Å². The molecular formula is C10H18N4OS. The Labute approximate surface area is 98.8 Å². The van der Waals surface area contributed by atoms with Crippen LogP contribution in [0.1, 0.15) is 39.2 Å². The topological polar surface area (TPSA) is 76.7 Å². The van der Waals surface area contributed by atoms with Crippen LogP contribution in [0.5, 0.6) is 0 Å². The molecule has 1 saturated carbocycles. The van der Waals surface area contributed by atoms with Crippen LogP contribution >= 0.6 is 11.8 Å². The fourth-order valence-corrected chi connectivity index (χ4v) is 2.76. The van der Waals surface area contributed by atoms with Gasteiger partial charge in [-0.15, -0.1) is 5.10 Å². The first kappa shape index (κ1) is 11.7. The number of nitrogens with two attached hydrogens (primary N) is 1. The summed E-state index contributed by atoms with van der Waals surface area (Å²) in [4.78, 5) is 11.5. The summed E-state index contributed by atoms with van der Waals surface area (Å²) in [5, 5.41) is 7.64. The molecule has 0 aliphatic heterocycles. The van der Waals surface area contributed by atoms with Crippen LogP contribution in [0.25, 0.3) is 0 Å². The van der Waals surface area contributed by atoms with Crippen molar-refractivity contribution in [1.82, 2.24) is 14.8 Å². The van der Waals surface area contributed by atoms with E-state index in [4.69, 9.17) is 5.73 Å². The van der Waals surface area contributed by atoms with E-state index in [1.807, 2.05) is 0 Å². The Bertz CT molecular complexity index is 409. The second kappa shape index (κ2) is 4.63. The summed E-state index contributed by atoms with van der Waals surface area (Å²) in [6.07, 6.45) is 3.11. The highest BCUT2D eigenvalue weighted by molar-refractivity contribution is 7.99. The summed E-state index contributed by atoms with van der Waals surface area (Å²) in [6.45, 7) is 4.15. The van der Waals surface area contributed by atoms with Crippen LogP contribution in [0.2, 0.25) is 0 Å². The molecule has 0 bridgehead atoms. The zero-order valence-electron chi connectivity index (χ0n) is 9.64. The molecule has 5 nitrogen and oxygen atoms in total. The zero-order chi connectivity index (χ0) is 11.7. The molecule has 2 rings (SSSR count). The Kier molecular flexibility index (Phi) is 3.39. The van der Waals surface area contributed by atoms with Gasteiger partial charge in [-0.2, -0.15) is 0 Å². The summed E-state index contributed by atoms with van der Waals surface area (Å²) in [5.74, 6) is 0. The van der Waals surface area contributed by atoms with Crippen molar-refractivity contribution >= 4 is 11.8 Å². The van der Waals surface area contributed by atoms with Crippen molar-refractivity contribution in [3.63, 3.8) is 0 Å². The maximum atomic E-state index is 11.5. The largest absolute Gasteiger partial charge is 0.344 e. The molecule has 0 saturated heterocycles. The van der Waals surface area contributed by atoms with Gasteiger partial charge < -0.3 is 5.73 Å². The fraction of sp³-hybridized carbons (Fsp3) is 0.800. The molecule has 1 fully saturated rings. The van der Waals surface area contributed by atoms with Crippen LogP contribution < -0.4 is 11.4 Å². The third-order valence-electron chi connectivity index (χ3n) is 2.95. The molecule has 0 aromatic carbocycles. The van der Waals surface area contributed by atoms with Gasteiger partial charge in [0.1, 0.15) is 0 Å². The van der Waals surface area contributed by atoms with Gasteiger partial charge in [-0.1, -0.05) is 25.6 Å². The van der Waals surface area contributed by atoms with Crippen molar-refractivity contribution in [2.24, 2.45) is 5.73 Å². The molecule has 3 N–H and O–H groups in total. The zero-order valence-corrected chi connectivity index (χ0v) is 10.5. The number of rotatable bonds is 5. The minimum Gasteiger partial charge on any atom is -0.327 e. The summed E-state index contributed by atoms with van der Waals surface area (Å²) < 4.78 is 1.77. The molecule has 2 unspecified atom stereocenters. The monoisotopic (exact) mass is 242 g/mol. The third-order valence-corrected chi connectivity index (χ3v) is 4.17. The number of nitrogens with zero attached hydrogens (tertiary/aromatic N) is 2. The van der Waals surface area contributed by atoms with E-state index in [1.165, 1.54) is 0 Å². The molecule has 1 heterocycles. The van der Waals surface area contributed by atoms with Crippen molar-refractivity contribution in [3.05, 3.63) is 10.5 Å². The highest BCUT2D eigenvalue weighted by Crippen LogP contribution is 2.37. The first-order valence-corrected chi connectivity index (χ1v) is 6.60. The molecule has 0 radical (unpaired) electrons. The van der Waals surface area contributed by atoms with E-state index < -0.39 is 0 Å². The van der Waals surface area contributed by atoms with Crippen LogP contribution in [0.4, 0.5) is 0 Å². The molecule has 16 heavy (non-hydrogen) atoms. The number of aromatic amines is 1. The Hall–Kier alpha value is -0.750. The summed E-state index contributed by atoms with van der Waals surface area (Å²) in [6, 6.07) is 0.503. The van der Waals surface area contributed by atoms with Gasteiger partial charge in [0.05, 0.1) is 0 Å². The van der Waals surface area contributed by atoms with Crippen molar-refractivity contribution < 1.29 is 0 Å². The molecule has 0 amide bonds. The molecule has 2 atom stereocenters. The van der Waals surface area contributed by atoms with Crippen molar-refractivity contribution in [2.45, 2.75) is 55.6 Å². The molecule has 1 aliphatic carbocycles. The SMILES string of the molecule is CCC(N)C(C)Sc1n[nH]c(=O)n1C1CC1. The van der Waals surface area contributed by atoms with E-state index in [9.17, 15) is 4.79 Å². The molecule has 6 heteroatoms. The predicted molar refractivity (Wildman–Crippen MR) is 64.7 cm³/mol. The van der Waals surface area contributed by atoms with Gasteiger partial charge in [0.2, 0.25) is 0 Å². The average Bonchev–Trinajstić information content (AvgIpc) is 3.04. The van der Waals surface area contributed by atoms with Crippen LogP contribution in [-0.2, 0) is 0 Å². The second-order valence-electron chi connectivity index (χ2n) is 4.31. The van der Waals surface area contributed by atoms with Gasteiger partial charge in [0, 0.05) is 17.3 Å². The van der Waals surface area contributed by atoms with Gasteiger partial charge in [0.15, 0.2) is 5.16 Å². The number of nitrogens with one attached hydrogen (secondary N) is 1. The van der Waals surface area contributed by atoms with Crippen LogP contribution in [-0.4, -0.2) is 26.1 Å². The third kappa shape index (κ3) is 2.32. The van der Waals surface area contributed by atoms with Gasteiger partial charge >= 0.3 is 5.69 Å². The number of thioether (sulfide) groups is 1. The lowest BCUT2D eigenvalue weighted by Crippen LogP contribution is -2.29. The first-order chi connectivity index (χ1) is 7.63. The van der Waals surface area contributed by atoms with Gasteiger partial charge in [-0.25, -0.2) is 9.89 Å². The minimum absolute atomic E-state index is 0.0951. The van der Waals surface area contributed by atoms with Gasteiger partial charge in [0.25, 0.3) is 0 Å². The van der Waals surface area contributed by atoms with Crippen LogP contribution in [0.15, 0.2) is 9.95 Å². The van der Waals surface area contributed by atoms with Crippen LogP contribution in [0.3, 0.4) is 0 Å². The Balaban J connectivity index is 2.12. The predicted octanol–water partition coefficient (Wildman–Crippen LogP) is 1.12. The maximum Gasteiger partial charge on any atom is 0.344 e.